The molecule has 1 aromatic rings. The van der Waals surface area contributed by atoms with Gasteiger partial charge < -0.3 is 15.8 Å². The molecule has 0 radical (unpaired) electrons. The molecular weight excluding hydrogens is 244 g/mol. The van der Waals surface area contributed by atoms with Crippen molar-refractivity contribution >= 4 is 5.91 Å². The Kier molecular flexibility index (Phi) is 5.35. The maximum atomic E-state index is 12.2. The van der Waals surface area contributed by atoms with E-state index in [1.165, 1.54) is 0 Å². The summed E-state index contributed by atoms with van der Waals surface area (Å²) in [7, 11) is 0. The number of ether oxygens (including phenoxy) is 1. The molecular formula is C13H24N4O2. The third-order valence-electron chi connectivity index (χ3n) is 2.74. The molecule has 1 rings (SSSR count). The standard InChI is InChI=1S/C13H24N4O2/c1-10(2)7-15-12(18)13(3,4)17-9-11(8-16-17)19-6-5-14/h8-10H,5-7,14H2,1-4H3,(H,15,18). The van der Waals surface area contributed by atoms with Crippen LogP contribution >= 0.6 is 0 Å². The van der Waals surface area contributed by atoms with Crippen molar-refractivity contribution in [3.8, 4) is 5.75 Å². The maximum Gasteiger partial charge on any atom is 0.247 e. The molecule has 0 atom stereocenters. The summed E-state index contributed by atoms with van der Waals surface area (Å²) < 4.78 is 6.97. The van der Waals surface area contributed by atoms with Crippen molar-refractivity contribution in [3.63, 3.8) is 0 Å². The van der Waals surface area contributed by atoms with Crippen LogP contribution in [0.4, 0.5) is 0 Å². The molecule has 0 saturated heterocycles. The van der Waals surface area contributed by atoms with Crippen LogP contribution in [-0.2, 0) is 10.3 Å². The Hall–Kier alpha value is -1.56. The fourth-order valence-electron chi connectivity index (χ4n) is 1.48. The molecule has 19 heavy (non-hydrogen) atoms. The number of hydrogen-bond donors (Lipinski definition) is 2. The van der Waals surface area contributed by atoms with Crippen molar-refractivity contribution in [2.45, 2.75) is 33.2 Å². The molecule has 1 amide bonds. The number of nitrogens with zero attached hydrogens (tertiary/aromatic N) is 2. The Morgan fingerprint density at radius 2 is 2.26 bits per heavy atom. The van der Waals surface area contributed by atoms with E-state index in [0.29, 0.717) is 31.4 Å². The molecule has 6 heteroatoms. The first-order valence-corrected chi connectivity index (χ1v) is 6.54. The molecule has 1 aromatic heterocycles. The van der Waals surface area contributed by atoms with Crippen LogP contribution in [-0.4, -0.2) is 35.4 Å². The first-order chi connectivity index (χ1) is 8.87. The van der Waals surface area contributed by atoms with Gasteiger partial charge in [-0.2, -0.15) is 5.10 Å². The summed E-state index contributed by atoms with van der Waals surface area (Å²) in [6.45, 7) is 9.29. The molecule has 0 bridgehead atoms. The highest BCUT2D eigenvalue weighted by Gasteiger charge is 2.30. The van der Waals surface area contributed by atoms with E-state index < -0.39 is 5.54 Å². The summed E-state index contributed by atoms with van der Waals surface area (Å²) in [4.78, 5) is 12.2. The van der Waals surface area contributed by atoms with Gasteiger partial charge >= 0.3 is 0 Å². The molecule has 0 fully saturated rings. The third kappa shape index (κ3) is 4.24. The fourth-order valence-corrected chi connectivity index (χ4v) is 1.48. The van der Waals surface area contributed by atoms with Crippen LogP contribution in [0.3, 0.4) is 0 Å². The Labute approximate surface area is 114 Å². The third-order valence-corrected chi connectivity index (χ3v) is 2.74. The van der Waals surface area contributed by atoms with Crippen LogP contribution in [0.1, 0.15) is 27.7 Å². The number of carbonyl (C=O) groups is 1. The summed E-state index contributed by atoms with van der Waals surface area (Å²) >= 11 is 0. The number of rotatable bonds is 7. The minimum Gasteiger partial charge on any atom is -0.489 e. The van der Waals surface area contributed by atoms with E-state index in [1.54, 1.807) is 17.1 Å². The highest BCUT2D eigenvalue weighted by atomic mass is 16.5. The van der Waals surface area contributed by atoms with Gasteiger partial charge in [0.25, 0.3) is 0 Å². The summed E-state index contributed by atoms with van der Waals surface area (Å²) in [5.41, 5.74) is 4.62. The van der Waals surface area contributed by atoms with Gasteiger partial charge in [-0.25, -0.2) is 0 Å². The van der Waals surface area contributed by atoms with Crippen LogP contribution in [0.5, 0.6) is 5.75 Å². The summed E-state index contributed by atoms with van der Waals surface area (Å²) in [6, 6.07) is 0. The second-order valence-corrected chi connectivity index (χ2v) is 5.42. The van der Waals surface area contributed by atoms with Crippen molar-refractivity contribution in [1.29, 1.82) is 0 Å². The molecule has 0 saturated carbocycles. The lowest BCUT2D eigenvalue weighted by atomic mass is 10.0. The van der Waals surface area contributed by atoms with Crippen LogP contribution in [0.15, 0.2) is 12.4 Å². The van der Waals surface area contributed by atoms with Gasteiger partial charge in [-0.05, 0) is 19.8 Å². The first kappa shape index (κ1) is 15.5. The number of aromatic nitrogens is 2. The molecule has 0 aliphatic carbocycles. The average molecular weight is 268 g/mol. The zero-order valence-corrected chi connectivity index (χ0v) is 12.1. The monoisotopic (exact) mass is 268 g/mol. The molecule has 6 nitrogen and oxygen atoms in total. The minimum atomic E-state index is -0.751. The molecule has 0 spiro atoms. The van der Waals surface area contributed by atoms with Crippen LogP contribution < -0.4 is 15.8 Å². The number of amides is 1. The Balaban J connectivity index is 2.70. The minimum absolute atomic E-state index is 0.0605. The normalized spacial score (nSPS) is 11.7. The van der Waals surface area contributed by atoms with Crippen molar-refractivity contribution in [3.05, 3.63) is 12.4 Å². The molecule has 108 valence electrons. The van der Waals surface area contributed by atoms with Gasteiger partial charge in [0, 0.05) is 13.1 Å². The number of hydrogen-bond acceptors (Lipinski definition) is 4. The van der Waals surface area contributed by atoms with Gasteiger partial charge in [-0.3, -0.25) is 9.48 Å². The second-order valence-electron chi connectivity index (χ2n) is 5.42. The largest absolute Gasteiger partial charge is 0.489 e. The molecule has 3 N–H and O–H groups in total. The summed E-state index contributed by atoms with van der Waals surface area (Å²) in [6.07, 6.45) is 3.30. The lowest BCUT2D eigenvalue weighted by Gasteiger charge is -2.24. The van der Waals surface area contributed by atoms with Gasteiger partial charge in [0.2, 0.25) is 5.91 Å². The van der Waals surface area contributed by atoms with Crippen LogP contribution in [0.2, 0.25) is 0 Å². The lowest BCUT2D eigenvalue weighted by molar-refractivity contribution is -0.129. The fraction of sp³-hybridized carbons (Fsp3) is 0.692. The number of nitrogens with two attached hydrogens (primary N) is 1. The molecule has 0 aliphatic heterocycles. The van der Waals surface area contributed by atoms with Crippen LogP contribution in [0, 0.1) is 5.92 Å². The molecule has 0 unspecified atom stereocenters. The van der Waals surface area contributed by atoms with Gasteiger partial charge in [0.15, 0.2) is 5.75 Å². The Morgan fingerprint density at radius 3 is 2.84 bits per heavy atom. The smallest absolute Gasteiger partial charge is 0.247 e. The SMILES string of the molecule is CC(C)CNC(=O)C(C)(C)n1cc(OCCN)cn1. The van der Waals surface area contributed by atoms with E-state index >= 15 is 0 Å². The van der Waals surface area contributed by atoms with Crippen LogP contribution in [0.25, 0.3) is 0 Å². The van der Waals surface area contributed by atoms with E-state index in [2.05, 4.69) is 24.3 Å². The lowest BCUT2D eigenvalue weighted by Crippen LogP contribution is -2.45. The van der Waals surface area contributed by atoms with Crippen molar-refractivity contribution in [2.75, 3.05) is 19.7 Å². The summed E-state index contributed by atoms with van der Waals surface area (Å²) in [5.74, 6) is 0.977. The predicted octanol–water partition coefficient (Wildman–Crippen LogP) is 0.728. The highest BCUT2D eigenvalue weighted by Crippen LogP contribution is 2.18. The second kappa shape index (κ2) is 6.56. The highest BCUT2D eigenvalue weighted by molar-refractivity contribution is 5.83. The quantitative estimate of drug-likeness (QED) is 0.763. The zero-order chi connectivity index (χ0) is 14.5. The van der Waals surface area contributed by atoms with E-state index in [0.717, 1.165) is 0 Å². The zero-order valence-electron chi connectivity index (χ0n) is 12.1. The topological polar surface area (TPSA) is 82.2 Å². The van der Waals surface area contributed by atoms with Crippen molar-refractivity contribution in [2.24, 2.45) is 11.7 Å². The number of carbonyl (C=O) groups excluding carboxylic acids is 1. The Morgan fingerprint density at radius 1 is 1.58 bits per heavy atom. The van der Waals surface area contributed by atoms with Crippen molar-refractivity contribution < 1.29 is 9.53 Å². The van der Waals surface area contributed by atoms with Gasteiger partial charge in [-0.1, -0.05) is 13.8 Å². The van der Waals surface area contributed by atoms with Gasteiger partial charge in [-0.15, -0.1) is 0 Å². The van der Waals surface area contributed by atoms with Gasteiger partial charge in [0.1, 0.15) is 12.1 Å². The summed E-state index contributed by atoms with van der Waals surface area (Å²) in [5, 5.41) is 7.09. The average Bonchev–Trinajstić information content (AvgIpc) is 2.82. The predicted molar refractivity (Wildman–Crippen MR) is 73.9 cm³/mol. The maximum absolute atomic E-state index is 12.2. The van der Waals surface area contributed by atoms with E-state index in [9.17, 15) is 4.79 Å². The van der Waals surface area contributed by atoms with Gasteiger partial charge in [0.05, 0.1) is 12.4 Å². The molecule has 1 heterocycles. The van der Waals surface area contributed by atoms with E-state index in [4.69, 9.17) is 10.5 Å². The molecule has 0 aliphatic rings. The van der Waals surface area contributed by atoms with Crippen molar-refractivity contribution in [1.82, 2.24) is 15.1 Å². The van der Waals surface area contributed by atoms with E-state index in [1.807, 2.05) is 13.8 Å². The Bertz CT molecular complexity index is 413. The van der Waals surface area contributed by atoms with E-state index in [-0.39, 0.29) is 5.91 Å². The molecule has 0 aromatic carbocycles. The number of nitrogens with one attached hydrogen (secondary N) is 1. The first-order valence-electron chi connectivity index (χ1n) is 6.54.